The van der Waals surface area contributed by atoms with Crippen molar-refractivity contribution in [2.75, 3.05) is 0 Å². The minimum absolute atomic E-state index is 0.176. The van der Waals surface area contributed by atoms with Gasteiger partial charge in [0, 0.05) is 28.7 Å². The minimum atomic E-state index is -1.10. The SMILES string of the molecule is Cc1c(O)cc(O)c2c1OC(c1ccc(O)c(O)c1)C(OC(=O)c1cc(O)c(O)c(O)c1)C2C. The van der Waals surface area contributed by atoms with Gasteiger partial charge in [0.05, 0.1) is 5.56 Å². The number of rotatable bonds is 3. The second-order valence-corrected chi connectivity index (χ2v) is 8.09. The van der Waals surface area contributed by atoms with E-state index in [0.29, 0.717) is 11.1 Å². The first-order valence-electron chi connectivity index (χ1n) is 10.2. The molecule has 0 saturated carbocycles. The Bertz CT molecular complexity index is 1280. The zero-order valence-electron chi connectivity index (χ0n) is 18.1. The van der Waals surface area contributed by atoms with Crippen LogP contribution in [0.1, 0.15) is 46.0 Å². The van der Waals surface area contributed by atoms with Crippen molar-refractivity contribution in [3.63, 3.8) is 0 Å². The lowest BCUT2D eigenvalue weighted by Crippen LogP contribution is -2.37. The largest absolute Gasteiger partial charge is 0.507 e. The van der Waals surface area contributed by atoms with Crippen molar-refractivity contribution >= 4 is 5.97 Å². The number of fused-ring (bicyclic) bond motifs is 1. The highest BCUT2D eigenvalue weighted by Gasteiger charge is 2.43. The molecule has 10 heteroatoms. The molecule has 178 valence electrons. The molecule has 0 bridgehead atoms. The normalized spacial score (nSPS) is 19.2. The second kappa shape index (κ2) is 8.14. The van der Waals surface area contributed by atoms with Gasteiger partial charge in [-0.15, -0.1) is 0 Å². The Labute approximate surface area is 193 Å². The smallest absolute Gasteiger partial charge is 0.338 e. The average Bonchev–Trinajstić information content (AvgIpc) is 2.78. The summed E-state index contributed by atoms with van der Waals surface area (Å²) in [6.07, 6.45) is -2.14. The molecule has 1 aliphatic rings. The summed E-state index contributed by atoms with van der Waals surface area (Å²) >= 11 is 0. The topological polar surface area (TPSA) is 177 Å². The zero-order valence-corrected chi connectivity index (χ0v) is 18.1. The van der Waals surface area contributed by atoms with Crippen molar-refractivity contribution in [2.24, 2.45) is 0 Å². The molecule has 4 rings (SSSR count). The van der Waals surface area contributed by atoms with Crippen LogP contribution in [0.3, 0.4) is 0 Å². The quantitative estimate of drug-likeness (QED) is 0.222. The molecule has 3 unspecified atom stereocenters. The Morgan fingerprint density at radius 1 is 0.824 bits per heavy atom. The van der Waals surface area contributed by atoms with Crippen LogP contribution in [0, 0.1) is 6.92 Å². The molecule has 10 nitrogen and oxygen atoms in total. The molecular formula is C24H22O10. The first-order chi connectivity index (χ1) is 16.0. The zero-order chi connectivity index (χ0) is 24.9. The first kappa shape index (κ1) is 22.7. The van der Waals surface area contributed by atoms with Gasteiger partial charge in [0.2, 0.25) is 0 Å². The van der Waals surface area contributed by atoms with Crippen LogP contribution in [0.15, 0.2) is 36.4 Å². The summed E-state index contributed by atoms with van der Waals surface area (Å²) in [6, 6.07) is 6.90. The van der Waals surface area contributed by atoms with Gasteiger partial charge in [0.25, 0.3) is 0 Å². The molecule has 1 heterocycles. The second-order valence-electron chi connectivity index (χ2n) is 8.09. The lowest BCUT2D eigenvalue weighted by Gasteiger charge is -2.39. The molecule has 0 saturated heterocycles. The third kappa shape index (κ3) is 3.68. The van der Waals surface area contributed by atoms with Gasteiger partial charge in [0.1, 0.15) is 23.4 Å². The van der Waals surface area contributed by atoms with Crippen molar-refractivity contribution in [3.05, 3.63) is 58.7 Å². The van der Waals surface area contributed by atoms with Gasteiger partial charge < -0.3 is 45.2 Å². The van der Waals surface area contributed by atoms with Crippen LogP contribution in [-0.2, 0) is 4.74 Å². The minimum Gasteiger partial charge on any atom is -0.507 e. The number of ether oxygens (including phenoxy) is 2. The Morgan fingerprint density at radius 3 is 2.09 bits per heavy atom. The lowest BCUT2D eigenvalue weighted by molar-refractivity contribution is -0.0302. The summed E-state index contributed by atoms with van der Waals surface area (Å²) < 4.78 is 11.7. The molecule has 1 aliphatic heterocycles. The Balaban J connectivity index is 1.81. The molecule has 0 aliphatic carbocycles. The number of hydrogen-bond acceptors (Lipinski definition) is 10. The van der Waals surface area contributed by atoms with E-state index in [0.717, 1.165) is 18.2 Å². The molecule has 0 amide bonds. The number of esters is 1. The van der Waals surface area contributed by atoms with Gasteiger partial charge in [-0.05, 0) is 31.2 Å². The fraction of sp³-hybridized carbons (Fsp3) is 0.208. The van der Waals surface area contributed by atoms with Crippen LogP contribution in [0.2, 0.25) is 0 Å². The maximum absolute atomic E-state index is 12.9. The predicted octanol–water partition coefficient (Wildman–Crippen LogP) is 3.40. The van der Waals surface area contributed by atoms with Gasteiger partial charge in [0.15, 0.2) is 34.9 Å². The van der Waals surface area contributed by atoms with E-state index in [-0.39, 0.29) is 34.1 Å². The van der Waals surface area contributed by atoms with Crippen LogP contribution >= 0.6 is 0 Å². The highest BCUT2D eigenvalue weighted by Crippen LogP contribution is 2.51. The van der Waals surface area contributed by atoms with Gasteiger partial charge in [-0.3, -0.25) is 0 Å². The fourth-order valence-electron chi connectivity index (χ4n) is 4.02. The van der Waals surface area contributed by atoms with Crippen LogP contribution in [0.5, 0.6) is 46.0 Å². The fourth-order valence-corrected chi connectivity index (χ4v) is 4.02. The van der Waals surface area contributed by atoms with Crippen molar-refractivity contribution in [1.29, 1.82) is 0 Å². The lowest BCUT2D eigenvalue weighted by atomic mass is 9.84. The summed E-state index contributed by atoms with van der Waals surface area (Å²) in [5.41, 5.74) is 0.683. The Hall–Kier alpha value is -4.47. The molecule has 3 aromatic rings. The third-order valence-corrected chi connectivity index (χ3v) is 5.89. The van der Waals surface area contributed by atoms with Gasteiger partial charge in [-0.1, -0.05) is 13.0 Å². The molecule has 0 aromatic heterocycles. The average molecular weight is 470 g/mol. The number of carbonyl (C=O) groups excluding carboxylic acids is 1. The molecule has 34 heavy (non-hydrogen) atoms. The van der Waals surface area contributed by atoms with E-state index in [9.17, 15) is 40.5 Å². The summed E-state index contributed by atoms with van der Waals surface area (Å²) in [6.45, 7) is 3.24. The highest BCUT2D eigenvalue weighted by atomic mass is 16.6. The molecule has 0 fully saturated rings. The van der Waals surface area contributed by atoms with E-state index < -0.39 is 47.1 Å². The van der Waals surface area contributed by atoms with Crippen molar-refractivity contribution in [3.8, 4) is 46.0 Å². The number of phenolic OH excluding ortho intramolecular Hbond substituents is 7. The van der Waals surface area contributed by atoms with Crippen molar-refractivity contribution in [1.82, 2.24) is 0 Å². The maximum Gasteiger partial charge on any atom is 0.338 e. The van der Waals surface area contributed by atoms with E-state index in [1.807, 2.05) is 0 Å². The van der Waals surface area contributed by atoms with Crippen LogP contribution in [0.25, 0.3) is 0 Å². The van der Waals surface area contributed by atoms with Crippen molar-refractivity contribution < 1.29 is 50.0 Å². The van der Waals surface area contributed by atoms with Gasteiger partial charge in [-0.2, -0.15) is 0 Å². The van der Waals surface area contributed by atoms with Gasteiger partial charge >= 0.3 is 5.97 Å². The Kier molecular flexibility index (Phi) is 5.44. The van der Waals surface area contributed by atoms with E-state index in [1.54, 1.807) is 13.8 Å². The number of carbonyl (C=O) groups is 1. The molecule has 0 spiro atoms. The molecular weight excluding hydrogens is 448 g/mol. The summed E-state index contributed by atoms with van der Waals surface area (Å²) in [5, 5.41) is 69.4. The summed E-state index contributed by atoms with van der Waals surface area (Å²) in [4.78, 5) is 12.9. The first-order valence-corrected chi connectivity index (χ1v) is 10.2. The number of benzene rings is 3. The van der Waals surface area contributed by atoms with E-state index in [2.05, 4.69) is 0 Å². The number of phenols is 7. The van der Waals surface area contributed by atoms with Crippen LogP contribution < -0.4 is 4.74 Å². The van der Waals surface area contributed by atoms with Crippen LogP contribution in [0.4, 0.5) is 0 Å². The molecule has 3 aromatic carbocycles. The molecule has 0 radical (unpaired) electrons. The Morgan fingerprint density at radius 2 is 1.47 bits per heavy atom. The van der Waals surface area contributed by atoms with Crippen LogP contribution in [-0.4, -0.2) is 47.8 Å². The number of hydrogen-bond donors (Lipinski definition) is 7. The van der Waals surface area contributed by atoms with E-state index in [1.165, 1.54) is 18.2 Å². The standard InChI is InChI=1S/C24H22O10/c1-9-14(26)8-16(28)19-10(2)22(34-24(32)12-6-17(29)20(31)18(30)7-12)23(33-21(9)19)11-3-4-13(25)15(27)5-11/h3-8,10,22-23,25-31H,1-2H3. The van der Waals surface area contributed by atoms with Gasteiger partial charge in [-0.25, -0.2) is 4.79 Å². The van der Waals surface area contributed by atoms with E-state index in [4.69, 9.17) is 9.47 Å². The maximum atomic E-state index is 12.9. The monoisotopic (exact) mass is 470 g/mol. The van der Waals surface area contributed by atoms with Crippen molar-refractivity contribution in [2.45, 2.75) is 32.0 Å². The van der Waals surface area contributed by atoms with E-state index >= 15 is 0 Å². The highest BCUT2D eigenvalue weighted by molar-refractivity contribution is 5.91. The summed E-state index contributed by atoms with van der Waals surface area (Å²) in [7, 11) is 0. The summed E-state index contributed by atoms with van der Waals surface area (Å²) in [5.74, 6) is -5.03. The third-order valence-electron chi connectivity index (χ3n) is 5.89. The predicted molar refractivity (Wildman–Crippen MR) is 117 cm³/mol. The molecule has 3 atom stereocenters. The number of aromatic hydroxyl groups is 7. The molecule has 7 N–H and O–H groups in total.